The van der Waals surface area contributed by atoms with Crippen molar-refractivity contribution < 1.29 is 4.79 Å². The summed E-state index contributed by atoms with van der Waals surface area (Å²) in [6.07, 6.45) is 0.926. The highest BCUT2D eigenvalue weighted by molar-refractivity contribution is 9.09. The van der Waals surface area contributed by atoms with Crippen LogP contribution in [0.5, 0.6) is 0 Å². The van der Waals surface area contributed by atoms with Crippen LogP contribution in [-0.4, -0.2) is 27.4 Å². The fourth-order valence-corrected chi connectivity index (χ4v) is 2.10. The van der Waals surface area contributed by atoms with Gasteiger partial charge < -0.3 is 5.32 Å². The molecule has 1 rings (SSSR count). The Balaban J connectivity index is 2.61. The van der Waals surface area contributed by atoms with Crippen LogP contribution in [0.1, 0.15) is 41.6 Å². The van der Waals surface area contributed by atoms with Gasteiger partial charge in [0.25, 0.3) is 5.91 Å². The third-order valence-corrected chi connectivity index (χ3v) is 3.16. The molecule has 0 saturated heterocycles. The maximum Gasteiger partial charge on any atom is 0.264 e. The summed E-state index contributed by atoms with van der Waals surface area (Å²) >= 11 is 4.47. The molecule has 0 saturated carbocycles. The standard InChI is InChI=1S/C9H14BrN3OS/c1-6(2)7-8(15-13-12-7)9(14)11-5-3-4-10/h6H,3-5H2,1-2H3,(H,11,14). The quantitative estimate of drug-likeness (QED) is 0.668. The van der Waals surface area contributed by atoms with Crippen molar-refractivity contribution in [1.29, 1.82) is 0 Å². The van der Waals surface area contributed by atoms with Crippen LogP contribution in [0, 0.1) is 0 Å². The number of hydrogen-bond acceptors (Lipinski definition) is 4. The summed E-state index contributed by atoms with van der Waals surface area (Å²) in [5, 5.41) is 7.70. The summed E-state index contributed by atoms with van der Waals surface area (Å²) in [7, 11) is 0. The molecule has 1 N–H and O–H groups in total. The molecule has 0 fully saturated rings. The molecule has 84 valence electrons. The average molecular weight is 292 g/mol. The van der Waals surface area contributed by atoms with Crippen LogP contribution in [-0.2, 0) is 0 Å². The van der Waals surface area contributed by atoms with Gasteiger partial charge in [-0.25, -0.2) is 0 Å². The first-order chi connectivity index (χ1) is 7.16. The molecular weight excluding hydrogens is 278 g/mol. The lowest BCUT2D eigenvalue weighted by molar-refractivity contribution is 0.0956. The molecule has 0 bridgehead atoms. The molecule has 1 heterocycles. The van der Waals surface area contributed by atoms with E-state index in [1.807, 2.05) is 13.8 Å². The Hall–Kier alpha value is -0.490. The molecule has 1 amide bonds. The van der Waals surface area contributed by atoms with Crippen LogP contribution < -0.4 is 5.32 Å². The Kier molecular flexibility index (Phi) is 5.17. The minimum Gasteiger partial charge on any atom is -0.351 e. The van der Waals surface area contributed by atoms with Crippen molar-refractivity contribution in [3.05, 3.63) is 10.6 Å². The largest absolute Gasteiger partial charge is 0.351 e. The van der Waals surface area contributed by atoms with E-state index < -0.39 is 0 Å². The van der Waals surface area contributed by atoms with Crippen molar-refractivity contribution in [2.45, 2.75) is 26.2 Å². The number of carbonyl (C=O) groups excluding carboxylic acids is 1. The molecule has 0 unspecified atom stereocenters. The molecule has 0 aliphatic carbocycles. The number of aromatic nitrogens is 2. The van der Waals surface area contributed by atoms with Gasteiger partial charge in [-0.15, -0.1) is 5.10 Å². The maximum atomic E-state index is 11.7. The zero-order valence-corrected chi connectivity index (χ0v) is 11.2. The molecule has 0 spiro atoms. The van der Waals surface area contributed by atoms with E-state index in [4.69, 9.17) is 0 Å². The lowest BCUT2D eigenvalue weighted by Crippen LogP contribution is -2.25. The fraction of sp³-hybridized carbons (Fsp3) is 0.667. The van der Waals surface area contributed by atoms with Gasteiger partial charge in [0, 0.05) is 11.9 Å². The zero-order chi connectivity index (χ0) is 11.3. The third-order valence-electron chi connectivity index (χ3n) is 1.86. The lowest BCUT2D eigenvalue weighted by atomic mass is 10.1. The predicted octanol–water partition coefficient (Wildman–Crippen LogP) is 2.18. The molecule has 6 heteroatoms. The van der Waals surface area contributed by atoms with E-state index >= 15 is 0 Å². The van der Waals surface area contributed by atoms with Gasteiger partial charge in [-0.2, -0.15) is 0 Å². The van der Waals surface area contributed by atoms with Gasteiger partial charge >= 0.3 is 0 Å². The Labute approximate surface area is 102 Å². The number of carbonyl (C=O) groups is 1. The minimum atomic E-state index is -0.0605. The first kappa shape index (κ1) is 12.6. The molecule has 0 radical (unpaired) electrons. The Morgan fingerprint density at radius 2 is 2.33 bits per heavy atom. The van der Waals surface area contributed by atoms with E-state index in [-0.39, 0.29) is 11.8 Å². The number of hydrogen-bond donors (Lipinski definition) is 1. The smallest absolute Gasteiger partial charge is 0.264 e. The van der Waals surface area contributed by atoms with Gasteiger partial charge in [0.1, 0.15) is 4.88 Å². The van der Waals surface area contributed by atoms with Crippen LogP contribution in [0.15, 0.2) is 0 Å². The number of nitrogens with one attached hydrogen (secondary N) is 1. The summed E-state index contributed by atoms with van der Waals surface area (Å²) in [6, 6.07) is 0. The molecule has 4 nitrogen and oxygen atoms in total. The predicted molar refractivity (Wildman–Crippen MR) is 64.7 cm³/mol. The van der Waals surface area contributed by atoms with Gasteiger partial charge in [0.15, 0.2) is 0 Å². The van der Waals surface area contributed by atoms with Crippen LogP contribution in [0.3, 0.4) is 0 Å². The van der Waals surface area contributed by atoms with Crippen LogP contribution in [0.25, 0.3) is 0 Å². The molecule has 1 aromatic heterocycles. The third kappa shape index (κ3) is 3.53. The van der Waals surface area contributed by atoms with Crippen LogP contribution in [0.2, 0.25) is 0 Å². The van der Waals surface area contributed by atoms with Crippen molar-refractivity contribution in [3.8, 4) is 0 Å². The second-order valence-electron chi connectivity index (χ2n) is 3.44. The number of rotatable bonds is 5. The second-order valence-corrected chi connectivity index (χ2v) is 4.99. The lowest BCUT2D eigenvalue weighted by Gasteiger charge is -2.04. The van der Waals surface area contributed by atoms with E-state index in [2.05, 4.69) is 30.8 Å². The Bertz CT molecular complexity index is 327. The number of amides is 1. The van der Waals surface area contributed by atoms with Gasteiger partial charge in [0.05, 0.1) is 5.69 Å². The van der Waals surface area contributed by atoms with E-state index in [0.717, 1.165) is 29.0 Å². The number of nitrogens with zero attached hydrogens (tertiary/aromatic N) is 2. The van der Waals surface area contributed by atoms with Crippen molar-refractivity contribution >= 4 is 33.4 Å². The highest BCUT2D eigenvalue weighted by Gasteiger charge is 2.17. The fourth-order valence-electron chi connectivity index (χ4n) is 1.08. The SMILES string of the molecule is CC(C)c1nnsc1C(=O)NCCCBr. The van der Waals surface area contributed by atoms with Crippen molar-refractivity contribution in [2.75, 3.05) is 11.9 Å². The number of alkyl halides is 1. The Morgan fingerprint density at radius 1 is 1.60 bits per heavy atom. The molecule has 1 aromatic rings. The first-order valence-corrected chi connectivity index (χ1v) is 6.72. The van der Waals surface area contributed by atoms with Crippen LogP contribution >= 0.6 is 27.5 Å². The first-order valence-electron chi connectivity index (χ1n) is 4.83. The van der Waals surface area contributed by atoms with Crippen molar-refractivity contribution in [3.63, 3.8) is 0 Å². The Morgan fingerprint density at radius 3 is 2.93 bits per heavy atom. The van der Waals surface area contributed by atoms with Gasteiger partial charge in [-0.3, -0.25) is 4.79 Å². The second kappa shape index (κ2) is 6.17. The topological polar surface area (TPSA) is 54.9 Å². The molecular formula is C9H14BrN3OS. The monoisotopic (exact) mass is 291 g/mol. The number of halogens is 1. The van der Waals surface area contributed by atoms with E-state index in [9.17, 15) is 4.79 Å². The molecule has 0 aliphatic rings. The summed E-state index contributed by atoms with van der Waals surface area (Å²) in [4.78, 5) is 12.3. The van der Waals surface area contributed by atoms with E-state index in [1.54, 1.807) is 0 Å². The van der Waals surface area contributed by atoms with Gasteiger partial charge in [0.2, 0.25) is 0 Å². The molecule has 0 aliphatic heterocycles. The van der Waals surface area contributed by atoms with Crippen molar-refractivity contribution in [1.82, 2.24) is 14.9 Å². The summed E-state index contributed by atoms with van der Waals surface area (Å²) < 4.78 is 3.81. The van der Waals surface area contributed by atoms with Gasteiger partial charge in [-0.1, -0.05) is 34.3 Å². The minimum absolute atomic E-state index is 0.0605. The highest BCUT2D eigenvalue weighted by atomic mass is 79.9. The average Bonchev–Trinajstić information content (AvgIpc) is 2.66. The summed E-state index contributed by atoms with van der Waals surface area (Å²) in [6.45, 7) is 4.69. The molecule has 0 atom stereocenters. The van der Waals surface area contributed by atoms with E-state index in [0.29, 0.717) is 11.4 Å². The summed E-state index contributed by atoms with van der Waals surface area (Å²) in [5.74, 6) is 0.176. The van der Waals surface area contributed by atoms with E-state index in [1.165, 1.54) is 0 Å². The maximum absolute atomic E-state index is 11.7. The van der Waals surface area contributed by atoms with Crippen LogP contribution in [0.4, 0.5) is 0 Å². The zero-order valence-electron chi connectivity index (χ0n) is 8.79. The molecule has 0 aromatic carbocycles. The molecule has 15 heavy (non-hydrogen) atoms. The summed E-state index contributed by atoms with van der Waals surface area (Å²) in [5.41, 5.74) is 0.788. The normalized spacial score (nSPS) is 10.7. The highest BCUT2D eigenvalue weighted by Crippen LogP contribution is 2.19. The van der Waals surface area contributed by atoms with Gasteiger partial charge in [-0.05, 0) is 23.9 Å². The van der Waals surface area contributed by atoms with Crippen molar-refractivity contribution in [2.24, 2.45) is 0 Å².